The van der Waals surface area contributed by atoms with Gasteiger partial charge in [-0.05, 0) is 67.9 Å². The summed E-state index contributed by atoms with van der Waals surface area (Å²) in [7, 11) is 0. The monoisotopic (exact) mass is 471 g/mol. The number of primary amides is 1. The van der Waals surface area contributed by atoms with E-state index < -0.39 is 17.6 Å². The van der Waals surface area contributed by atoms with Gasteiger partial charge in [0.05, 0.1) is 11.1 Å². The fourth-order valence-electron chi connectivity index (χ4n) is 3.84. The average molecular weight is 471 g/mol. The second kappa shape index (κ2) is 10.1. The molecule has 0 saturated carbocycles. The number of ether oxygens (including phenoxy) is 1. The molecule has 0 atom stereocenters. The molecule has 0 spiro atoms. The van der Waals surface area contributed by atoms with Crippen LogP contribution in [-0.4, -0.2) is 35.1 Å². The highest BCUT2D eigenvalue weighted by Gasteiger charge is 2.33. The number of nitrogens with two attached hydrogens (primary N) is 1. The number of halogens is 3. The predicted octanol–water partition coefficient (Wildman–Crippen LogP) is 4.06. The topological polar surface area (TPSA) is 93.4 Å². The molecule has 3 aromatic rings. The summed E-state index contributed by atoms with van der Waals surface area (Å²) in [6.07, 6.45) is 1.22. The Morgan fingerprint density at radius 3 is 2.53 bits per heavy atom. The lowest BCUT2D eigenvalue weighted by Gasteiger charge is -2.28. The Hall–Kier alpha value is -3.66. The average Bonchev–Trinajstić information content (AvgIpc) is 2.83. The van der Waals surface area contributed by atoms with Gasteiger partial charge in [0.1, 0.15) is 17.7 Å². The minimum Gasteiger partial charge on any atom is -0.490 e. The molecule has 2 aromatic heterocycles. The highest BCUT2D eigenvalue weighted by molar-refractivity contribution is 5.98. The van der Waals surface area contributed by atoms with Crippen molar-refractivity contribution in [2.24, 2.45) is 5.73 Å². The maximum Gasteiger partial charge on any atom is 0.416 e. The van der Waals surface area contributed by atoms with Crippen LogP contribution in [0.15, 0.2) is 61.1 Å². The van der Waals surface area contributed by atoms with E-state index in [-0.39, 0.29) is 35.5 Å². The molecule has 178 valence electrons. The molecular formula is C24H24F3N5O2. The maximum absolute atomic E-state index is 13.8. The van der Waals surface area contributed by atoms with Crippen LogP contribution in [0.3, 0.4) is 0 Å². The number of hydrogen-bond acceptors (Lipinski definition) is 6. The molecule has 0 aliphatic carbocycles. The number of benzene rings is 1. The number of hydrogen-bond donors (Lipinski definition) is 2. The van der Waals surface area contributed by atoms with Crippen molar-refractivity contribution in [2.45, 2.75) is 31.7 Å². The van der Waals surface area contributed by atoms with E-state index in [4.69, 9.17) is 10.5 Å². The van der Waals surface area contributed by atoms with Crippen LogP contribution in [0, 0.1) is 0 Å². The number of amides is 1. The molecule has 1 aromatic carbocycles. The van der Waals surface area contributed by atoms with Gasteiger partial charge in [0.25, 0.3) is 5.91 Å². The molecular weight excluding hydrogens is 447 g/mol. The van der Waals surface area contributed by atoms with E-state index in [1.165, 1.54) is 23.2 Å². The first-order chi connectivity index (χ1) is 16.3. The normalized spacial score (nSPS) is 14.6. The van der Waals surface area contributed by atoms with Crippen LogP contribution in [-0.2, 0) is 12.7 Å². The van der Waals surface area contributed by atoms with Gasteiger partial charge in [0, 0.05) is 36.9 Å². The van der Waals surface area contributed by atoms with E-state index in [0.717, 1.165) is 30.8 Å². The van der Waals surface area contributed by atoms with E-state index in [1.54, 1.807) is 30.6 Å². The molecule has 4 rings (SSSR count). The Bertz CT molecular complexity index is 1130. The van der Waals surface area contributed by atoms with E-state index >= 15 is 0 Å². The predicted molar refractivity (Wildman–Crippen MR) is 121 cm³/mol. The van der Waals surface area contributed by atoms with Crippen LogP contribution in [0.1, 0.15) is 34.3 Å². The number of pyridine rings is 2. The van der Waals surface area contributed by atoms with Crippen LogP contribution < -0.4 is 20.7 Å². The van der Waals surface area contributed by atoms with Gasteiger partial charge in [-0.3, -0.25) is 9.78 Å². The van der Waals surface area contributed by atoms with Crippen LogP contribution in [0.5, 0.6) is 5.75 Å². The molecule has 1 aliphatic heterocycles. The molecule has 1 saturated heterocycles. The largest absolute Gasteiger partial charge is 0.490 e. The van der Waals surface area contributed by atoms with E-state index in [1.807, 2.05) is 0 Å². The lowest BCUT2D eigenvalue weighted by Crippen LogP contribution is -2.34. The first kappa shape index (κ1) is 23.5. The summed E-state index contributed by atoms with van der Waals surface area (Å²) in [5, 5.41) is 3.21. The van der Waals surface area contributed by atoms with E-state index in [0.29, 0.717) is 12.8 Å². The summed E-state index contributed by atoms with van der Waals surface area (Å²) in [6, 6.07) is 10.1. The number of nitrogens with one attached hydrogen (secondary N) is 1. The van der Waals surface area contributed by atoms with Crippen LogP contribution in [0.25, 0.3) is 0 Å². The fourth-order valence-corrected chi connectivity index (χ4v) is 3.84. The minimum atomic E-state index is -4.60. The van der Waals surface area contributed by atoms with Gasteiger partial charge in [-0.2, -0.15) is 13.2 Å². The Labute approximate surface area is 194 Å². The van der Waals surface area contributed by atoms with Gasteiger partial charge < -0.3 is 20.7 Å². The zero-order valence-corrected chi connectivity index (χ0v) is 18.3. The van der Waals surface area contributed by atoms with Crippen LogP contribution >= 0.6 is 0 Å². The zero-order valence-electron chi connectivity index (χ0n) is 18.3. The van der Waals surface area contributed by atoms with Crippen LogP contribution in [0.4, 0.5) is 24.7 Å². The van der Waals surface area contributed by atoms with Gasteiger partial charge in [-0.25, -0.2) is 4.98 Å². The molecule has 7 nitrogen and oxygen atoms in total. The van der Waals surface area contributed by atoms with Crippen molar-refractivity contribution in [3.8, 4) is 5.75 Å². The maximum atomic E-state index is 13.8. The van der Waals surface area contributed by atoms with Crippen molar-refractivity contribution in [1.29, 1.82) is 0 Å². The first-order valence-corrected chi connectivity index (χ1v) is 10.8. The highest BCUT2D eigenvalue weighted by Crippen LogP contribution is 2.38. The summed E-state index contributed by atoms with van der Waals surface area (Å²) < 4.78 is 47.5. The number of nitrogens with zero attached hydrogens (tertiary/aromatic N) is 3. The smallest absolute Gasteiger partial charge is 0.416 e. The van der Waals surface area contributed by atoms with Gasteiger partial charge in [-0.15, -0.1) is 0 Å². The summed E-state index contributed by atoms with van der Waals surface area (Å²) in [5.74, 6) is -0.479. The molecule has 1 amide bonds. The Balaban J connectivity index is 1.82. The second-order valence-corrected chi connectivity index (χ2v) is 7.96. The van der Waals surface area contributed by atoms with Gasteiger partial charge in [-0.1, -0.05) is 0 Å². The number of carbonyl (C=O) groups excluding carboxylic acids is 1. The summed E-state index contributed by atoms with van der Waals surface area (Å²) >= 11 is 0. The SMILES string of the molecule is NC(=O)c1cccnc1N(Cc1ccncc1)c1cc(OC2CCNCC2)cc(C(F)(F)F)c1. The third kappa shape index (κ3) is 5.63. The molecule has 1 aliphatic rings. The lowest BCUT2D eigenvalue weighted by molar-refractivity contribution is -0.137. The first-order valence-electron chi connectivity index (χ1n) is 10.8. The molecule has 10 heteroatoms. The molecule has 3 N–H and O–H groups in total. The summed E-state index contributed by atoms with van der Waals surface area (Å²) in [6.45, 7) is 1.61. The van der Waals surface area contributed by atoms with Gasteiger partial charge >= 0.3 is 6.18 Å². The van der Waals surface area contributed by atoms with E-state index in [9.17, 15) is 18.0 Å². The molecule has 1 fully saturated rings. The van der Waals surface area contributed by atoms with Gasteiger partial charge in [0.15, 0.2) is 0 Å². The number of rotatable bonds is 7. The van der Waals surface area contributed by atoms with E-state index in [2.05, 4.69) is 15.3 Å². The second-order valence-electron chi connectivity index (χ2n) is 7.96. The molecule has 34 heavy (non-hydrogen) atoms. The standard InChI is InChI=1S/C24H24F3N5O2/c25-24(26,27)17-12-18(14-20(13-17)34-19-5-10-30-11-6-19)32(15-16-3-8-29-9-4-16)23-21(22(28)33)2-1-7-31-23/h1-4,7-9,12-14,19,30H,5-6,10-11,15H2,(H2,28,33). The number of aromatic nitrogens is 2. The quantitative estimate of drug-likeness (QED) is 0.540. The van der Waals surface area contributed by atoms with Crippen molar-refractivity contribution < 1.29 is 22.7 Å². The van der Waals surface area contributed by atoms with Crippen molar-refractivity contribution in [3.63, 3.8) is 0 Å². The molecule has 0 bridgehead atoms. The summed E-state index contributed by atoms with van der Waals surface area (Å²) in [5.41, 5.74) is 5.72. The summed E-state index contributed by atoms with van der Waals surface area (Å²) in [4.78, 5) is 21.9. The fraction of sp³-hybridized carbons (Fsp3) is 0.292. The number of anilines is 2. The number of piperidine rings is 1. The Morgan fingerprint density at radius 2 is 1.85 bits per heavy atom. The third-order valence-electron chi connectivity index (χ3n) is 5.52. The molecule has 0 radical (unpaired) electrons. The van der Waals surface area contributed by atoms with Crippen LogP contribution in [0.2, 0.25) is 0 Å². The van der Waals surface area contributed by atoms with Gasteiger partial charge in [0.2, 0.25) is 0 Å². The Morgan fingerprint density at radius 1 is 1.12 bits per heavy atom. The third-order valence-corrected chi connectivity index (χ3v) is 5.52. The van der Waals surface area contributed by atoms with Crippen molar-refractivity contribution in [1.82, 2.24) is 15.3 Å². The lowest BCUT2D eigenvalue weighted by atomic mass is 10.1. The number of carbonyl (C=O) groups is 1. The number of alkyl halides is 3. The molecule has 0 unspecified atom stereocenters. The zero-order chi connectivity index (χ0) is 24.1. The van der Waals surface area contributed by atoms with Crippen molar-refractivity contribution >= 4 is 17.4 Å². The van der Waals surface area contributed by atoms with Crippen molar-refractivity contribution in [3.05, 3.63) is 77.7 Å². The minimum absolute atomic E-state index is 0.0924. The molecule has 3 heterocycles. The highest BCUT2D eigenvalue weighted by atomic mass is 19.4. The van der Waals surface area contributed by atoms with Crippen molar-refractivity contribution in [2.75, 3.05) is 18.0 Å². The Kier molecular flexibility index (Phi) is 6.97.